The van der Waals surface area contributed by atoms with E-state index < -0.39 is 0 Å². The molecule has 3 heterocycles. The molecule has 1 aromatic heterocycles. The average Bonchev–Trinajstić information content (AvgIpc) is 3.16. The lowest BCUT2D eigenvalue weighted by Crippen LogP contribution is -2.48. The molecule has 0 spiro atoms. The first-order valence-electron chi connectivity index (χ1n) is 10.1. The fourth-order valence-corrected chi connectivity index (χ4v) is 4.46. The number of nitrogens with zero attached hydrogens (tertiary/aromatic N) is 4. The van der Waals surface area contributed by atoms with E-state index in [-0.39, 0.29) is 12.0 Å². The summed E-state index contributed by atoms with van der Waals surface area (Å²) in [6.07, 6.45) is 4.38. The van der Waals surface area contributed by atoms with Gasteiger partial charge in [-0.1, -0.05) is 19.8 Å². The summed E-state index contributed by atoms with van der Waals surface area (Å²) in [4.78, 5) is 23.4. The van der Waals surface area contributed by atoms with Crippen molar-refractivity contribution in [1.29, 1.82) is 0 Å². The highest BCUT2D eigenvalue weighted by Crippen LogP contribution is 2.15. The van der Waals surface area contributed by atoms with Crippen molar-refractivity contribution in [3.05, 3.63) is 17.8 Å². The minimum absolute atomic E-state index is 0.0174. The van der Waals surface area contributed by atoms with Gasteiger partial charge in [0.05, 0.1) is 12.6 Å². The smallest absolute Gasteiger partial charge is 0.275 e. The van der Waals surface area contributed by atoms with E-state index in [1.54, 1.807) is 0 Å². The van der Waals surface area contributed by atoms with Crippen LogP contribution in [0.4, 0.5) is 0 Å². The Hall–Kier alpha value is -1.09. The number of hydrogen-bond donors (Lipinski definition) is 1. The second-order valence-corrected chi connectivity index (χ2v) is 8.63. The lowest BCUT2D eigenvalue weighted by molar-refractivity contribution is 0.0627. The van der Waals surface area contributed by atoms with Gasteiger partial charge < -0.3 is 14.4 Å². The monoisotopic (exact) mass is 396 g/mol. The molecule has 152 valence electrons. The van der Waals surface area contributed by atoms with Gasteiger partial charge in [0.25, 0.3) is 5.91 Å². The molecule has 7 nitrogen and oxygen atoms in total. The quantitative estimate of drug-likeness (QED) is 0.714. The summed E-state index contributed by atoms with van der Waals surface area (Å²) in [5.74, 6) is 2.58. The van der Waals surface area contributed by atoms with Crippen molar-refractivity contribution in [1.82, 2.24) is 19.7 Å². The van der Waals surface area contributed by atoms with Gasteiger partial charge in [0, 0.05) is 57.3 Å². The van der Waals surface area contributed by atoms with Gasteiger partial charge >= 0.3 is 0 Å². The number of carbonyl (C=O) groups is 1. The number of piperazine rings is 1. The summed E-state index contributed by atoms with van der Waals surface area (Å²) in [5.41, 5.74) is 0.426. The van der Waals surface area contributed by atoms with Gasteiger partial charge in [-0.15, -0.1) is 0 Å². The average molecular weight is 397 g/mol. The number of amides is 1. The van der Waals surface area contributed by atoms with Crippen LogP contribution in [-0.2, 0) is 6.54 Å². The third-order valence-electron chi connectivity index (χ3n) is 5.25. The molecular weight excluding hydrogens is 364 g/mol. The first kappa shape index (κ1) is 20.6. The van der Waals surface area contributed by atoms with Crippen LogP contribution < -0.4 is 0 Å². The molecule has 0 saturated carbocycles. The second kappa shape index (κ2) is 10.5. The van der Waals surface area contributed by atoms with Gasteiger partial charge in [0.2, 0.25) is 5.89 Å². The van der Waals surface area contributed by atoms with Crippen LogP contribution in [0.2, 0.25) is 0 Å². The fourth-order valence-electron chi connectivity index (χ4n) is 3.56. The topological polar surface area (TPSA) is 73.1 Å². The van der Waals surface area contributed by atoms with E-state index in [9.17, 15) is 9.90 Å². The highest BCUT2D eigenvalue weighted by molar-refractivity contribution is 7.99. The predicted octanol–water partition coefficient (Wildman–Crippen LogP) is 1.53. The van der Waals surface area contributed by atoms with E-state index in [0.717, 1.165) is 76.6 Å². The van der Waals surface area contributed by atoms with Crippen LogP contribution in [-0.4, -0.2) is 94.1 Å². The standard InChI is InChI=1S/C19H32N4O3S/c1-2-3-4-16(24)13-21-5-7-22(8-6-21)14-18-20-17(15-26-18)19(25)23-9-11-27-12-10-23/h15-16,24H,2-14H2,1H3. The van der Waals surface area contributed by atoms with Gasteiger partial charge in [0.1, 0.15) is 6.26 Å². The number of unbranched alkanes of at least 4 members (excludes halogenated alkanes) is 1. The van der Waals surface area contributed by atoms with Gasteiger partial charge in [-0.05, 0) is 6.42 Å². The van der Waals surface area contributed by atoms with E-state index in [4.69, 9.17) is 4.42 Å². The molecule has 2 saturated heterocycles. The maximum absolute atomic E-state index is 12.5. The molecule has 2 aliphatic rings. The molecule has 0 aliphatic carbocycles. The summed E-state index contributed by atoms with van der Waals surface area (Å²) in [6, 6.07) is 0. The number of aliphatic hydroxyl groups is 1. The molecule has 0 aromatic carbocycles. The Bertz CT molecular complexity index is 583. The number of thioether (sulfide) groups is 1. The van der Waals surface area contributed by atoms with E-state index in [2.05, 4.69) is 21.7 Å². The first-order valence-corrected chi connectivity index (χ1v) is 11.3. The van der Waals surface area contributed by atoms with E-state index >= 15 is 0 Å². The molecule has 27 heavy (non-hydrogen) atoms. The van der Waals surface area contributed by atoms with Crippen molar-refractivity contribution >= 4 is 17.7 Å². The molecule has 1 unspecified atom stereocenters. The molecule has 1 N–H and O–H groups in total. The minimum Gasteiger partial charge on any atom is -0.447 e. The Labute approximate surface area is 166 Å². The highest BCUT2D eigenvalue weighted by Gasteiger charge is 2.24. The SMILES string of the molecule is CCCCC(O)CN1CCN(Cc2nc(C(=O)N3CCSCC3)co2)CC1. The van der Waals surface area contributed by atoms with Gasteiger partial charge in [-0.3, -0.25) is 14.6 Å². The molecule has 2 fully saturated rings. The molecule has 3 rings (SSSR count). The molecule has 2 aliphatic heterocycles. The number of β-amino-alcohol motifs (C(OH)–C–C–N with tert-alkyl or cyclic N) is 1. The predicted molar refractivity (Wildman–Crippen MR) is 107 cm³/mol. The van der Waals surface area contributed by atoms with E-state index in [0.29, 0.717) is 18.1 Å². The molecule has 1 atom stereocenters. The van der Waals surface area contributed by atoms with Gasteiger partial charge in [0.15, 0.2) is 5.69 Å². The molecule has 1 amide bonds. The number of carbonyl (C=O) groups excluding carboxylic acids is 1. The summed E-state index contributed by atoms with van der Waals surface area (Å²) in [5, 5.41) is 10.1. The Kier molecular flexibility index (Phi) is 7.99. The Balaban J connectivity index is 1.41. The number of hydrogen-bond acceptors (Lipinski definition) is 7. The Morgan fingerprint density at radius 1 is 1.22 bits per heavy atom. The van der Waals surface area contributed by atoms with E-state index in [1.165, 1.54) is 6.26 Å². The van der Waals surface area contributed by atoms with Crippen LogP contribution in [0.3, 0.4) is 0 Å². The normalized spacial score (nSPS) is 20.7. The van der Waals surface area contributed by atoms with Crippen molar-refractivity contribution in [2.75, 3.05) is 57.3 Å². The Morgan fingerprint density at radius 2 is 1.93 bits per heavy atom. The van der Waals surface area contributed by atoms with Crippen LogP contribution in [0.5, 0.6) is 0 Å². The Morgan fingerprint density at radius 3 is 2.63 bits per heavy atom. The van der Waals surface area contributed by atoms with Crippen LogP contribution >= 0.6 is 11.8 Å². The van der Waals surface area contributed by atoms with Crippen molar-refractivity contribution in [3.8, 4) is 0 Å². The first-order chi connectivity index (χ1) is 13.2. The summed E-state index contributed by atoms with van der Waals surface area (Å²) < 4.78 is 5.56. The van der Waals surface area contributed by atoms with Crippen LogP contribution in [0, 0.1) is 0 Å². The minimum atomic E-state index is -0.218. The number of aromatic nitrogens is 1. The zero-order valence-electron chi connectivity index (χ0n) is 16.3. The van der Waals surface area contributed by atoms with Crippen LogP contribution in [0.15, 0.2) is 10.7 Å². The van der Waals surface area contributed by atoms with Crippen molar-refractivity contribution in [3.63, 3.8) is 0 Å². The maximum atomic E-state index is 12.5. The van der Waals surface area contributed by atoms with Crippen molar-refractivity contribution < 1.29 is 14.3 Å². The zero-order chi connectivity index (χ0) is 19.1. The second-order valence-electron chi connectivity index (χ2n) is 7.40. The lowest BCUT2D eigenvalue weighted by atomic mass is 10.1. The maximum Gasteiger partial charge on any atom is 0.275 e. The summed E-state index contributed by atoms with van der Waals surface area (Å²) in [6.45, 7) is 8.87. The van der Waals surface area contributed by atoms with Crippen molar-refractivity contribution in [2.45, 2.75) is 38.8 Å². The van der Waals surface area contributed by atoms with Gasteiger partial charge in [-0.2, -0.15) is 11.8 Å². The van der Waals surface area contributed by atoms with Crippen molar-refractivity contribution in [2.24, 2.45) is 0 Å². The summed E-state index contributed by atoms with van der Waals surface area (Å²) >= 11 is 1.88. The number of oxazole rings is 1. The molecule has 1 aromatic rings. The number of rotatable bonds is 8. The molecule has 8 heteroatoms. The lowest BCUT2D eigenvalue weighted by Gasteiger charge is -2.35. The van der Waals surface area contributed by atoms with Gasteiger partial charge in [-0.25, -0.2) is 4.98 Å². The molecule has 0 bridgehead atoms. The molecule has 0 radical (unpaired) electrons. The van der Waals surface area contributed by atoms with Crippen LogP contribution in [0.1, 0.15) is 42.6 Å². The largest absolute Gasteiger partial charge is 0.447 e. The third-order valence-corrected chi connectivity index (χ3v) is 6.20. The zero-order valence-corrected chi connectivity index (χ0v) is 17.1. The third kappa shape index (κ3) is 6.20. The summed E-state index contributed by atoms with van der Waals surface area (Å²) in [7, 11) is 0. The van der Waals surface area contributed by atoms with E-state index in [1.807, 2.05) is 16.7 Å². The fraction of sp³-hybridized carbons (Fsp3) is 0.789. The number of aliphatic hydroxyl groups excluding tert-OH is 1. The molecular formula is C19H32N4O3S. The highest BCUT2D eigenvalue weighted by atomic mass is 32.2. The van der Waals surface area contributed by atoms with Crippen LogP contribution in [0.25, 0.3) is 0 Å².